The van der Waals surface area contributed by atoms with Crippen LogP contribution in [0.25, 0.3) is 0 Å². The molecule has 0 heterocycles. The summed E-state index contributed by atoms with van der Waals surface area (Å²) in [6.07, 6.45) is 3.05. The van der Waals surface area contributed by atoms with E-state index in [0.717, 1.165) is 36.8 Å². The van der Waals surface area contributed by atoms with Gasteiger partial charge in [-0.25, -0.2) is 0 Å². The molecule has 18 heavy (non-hydrogen) atoms. The topological polar surface area (TPSA) is 40.5 Å². The van der Waals surface area contributed by atoms with Gasteiger partial charge < -0.3 is 10.2 Å². The smallest absolute Gasteiger partial charge is 0.0939 e. The van der Waals surface area contributed by atoms with Crippen molar-refractivity contribution in [2.45, 2.75) is 64.6 Å². The summed E-state index contributed by atoms with van der Waals surface area (Å²) in [5, 5.41) is 21.1. The van der Waals surface area contributed by atoms with Crippen molar-refractivity contribution in [3.8, 4) is 0 Å². The van der Waals surface area contributed by atoms with Crippen LogP contribution >= 0.6 is 0 Å². The zero-order valence-electron chi connectivity index (χ0n) is 11.7. The second-order valence-electron chi connectivity index (χ2n) is 6.08. The van der Waals surface area contributed by atoms with E-state index in [0.29, 0.717) is 0 Å². The molecule has 2 nitrogen and oxygen atoms in total. The van der Waals surface area contributed by atoms with Crippen molar-refractivity contribution in [3.63, 3.8) is 0 Å². The van der Waals surface area contributed by atoms with Gasteiger partial charge in [-0.15, -0.1) is 0 Å². The van der Waals surface area contributed by atoms with Crippen molar-refractivity contribution < 1.29 is 10.2 Å². The fraction of sp³-hybridized carbons (Fsp3) is 0.625. The number of aliphatic hydroxyl groups is 2. The molecule has 2 aliphatic rings. The highest BCUT2D eigenvalue weighted by Crippen LogP contribution is 2.54. The lowest BCUT2D eigenvalue weighted by Crippen LogP contribution is -2.46. The molecule has 2 aliphatic carbocycles. The summed E-state index contributed by atoms with van der Waals surface area (Å²) in [5.41, 5.74) is 6.08. The molecule has 98 valence electrons. The Kier molecular flexibility index (Phi) is 2.28. The average molecular weight is 246 g/mol. The Morgan fingerprint density at radius 3 is 1.44 bits per heavy atom. The van der Waals surface area contributed by atoms with E-state index in [2.05, 4.69) is 13.8 Å². The maximum absolute atomic E-state index is 10.5. The van der Waals surface area contributed by atoms with Gasteiger partial charge in [0.05, 0.1) is 11.2 Å². The predicted octanol–water partition coefficient (Wildman–Crippen LogP) is 2.61. The molecule has 0 spiro atoms. The highest BCUT2D eigenvalue weighted by molar-refractivity contribution is 5.64. The summed E-state index contributed by atoms with van der Waals surface area (Å²) < 4.78 is 0. The molecule has 0 bridgehead atoms. The Hall–Kier alpha value is -0.860. The Balaban J connectivity index is 2.22. The van der Waals surface area contributed by atoms with Crippen LogP contribution in [0.5, 0.6) is 0 Å². The van der Waals surface area contributed by atoms with Crippen LogP contribution in [0.3, 0.4) is 0 Å². The molecular formula is C16H22O2. The minimum atomic E-state index is -0.612. The van der Waals surface area contributed by atoms with E-state index >= 15 is 0 Å². The number of benzene rings is 1. The molecule has 0 aromatic heterocycles. The molecule has 0 radical (unpaired) electrons. The molecule has 0 unspecified atom stereocenters. The zero-order valence-corrected chi connectivity index (χ0v) is 11.7. The third-order valence-corrected chi connectivity index (χ3v) is 5.30. The monoisotopic (exact) mass is 246 g/mol. The van der Waals surface area contributed by atoms with E-state index in [-0.39, 0.29) is 0 Å². The molecule has 1 aromatic rings. The standard InChI is InChI=1S/C16H22O2/c1-5-15(17)7-11-10(4)14-12(9(3)13(11)15)8-16(14,18)6-2/h17-18H,5-8H2,1-4H3/t15-,16+. The zero-order chi connectivity index (χ0) is 13.3. The minimum absolute atomic E-state index is 0.612. The van der Waals surface area contributed by atoms with Crippen molar-refractivity contribution >= 4 is 0 Å². The largest absolute Gasteiger partial charge is 0.385 e. The van der Waals surface area contributed by atoms with Crippen molar-refractivity contribution in [1.82, 2.24) is 0 Å². The maximum Gasteiger partial charge on any atom is 0.0939 e. The predicted molar refractivity (Wildman–Crippen MR) is 71.7 cm³/mol. The number of fused-ring (bicyclic) bond motifs is 2. The van der Waals surface area contributed by atoms with E-state index in [4.69, 9.17) is 0 Å². The average Bonchev–Trinajstić information content (AvgIpc) is 2.30. The molecule has 0 fully saturated rings. The number of hydrogen-bond donors (Lipinski definition) is 2. The van der Waals surface area contributed by atoms with Crippen LogP contribution in [0.4, 0.5) is 0 Å². The second kappa shape index (κ2) is 3.37. The first-order valence-electron chi connectivity index (χ1n) is 6.98. The van der Waals surface area contributed by atoms with Crippen LogP contribution in [-0.4, -0.2) is 10.2 Å². The van der Waals surface area contributed by atoms with Crippen molar-refractivity contribution in [1.29, 1.82) is 0 Å². The van der Waals surface area contributed by atoms with Crippen LogP contribution in [0.2, 0.25) is 0 Å². The quantitative estimate of drug-likeness (QED) is 0.842. The van der Waals surface area contributed by atoms with E-state index in [1.54, 1.807) is 0 Å². The first-order chi connectivity index (χ1) is 8.38. The summed E-state index contributed by atoms with van der Waals surface area (Å²) in [6, 6.07) is 0. The molecule has 0 saturated heterocycles. The van der Waals surface area contributed by atoms with E-state index in [9.17, 15) is 10.2 Å². The fourth-order valence-corrected chi connectivity index (χ4v) is 3.98. The maximum atomic E-state index is 10.5. The minimum Gasteiger partial charge on any atom is -0.385 e. The Morgan fingerprint density at radius 2 is 1.17 bits per heavy atom. The number of rotatable bonds is 2. The molecule has 0 saturated carbocycles. The van der Waals surface area contributed by atoms with E-state index in [1.165, 1.54) is 22.3 Å². The first-order valence-corrected chi connectivity index (χ1v) is 6.98. The summed E-state index contributed by atoms with van der Waals surface area (Å²) >= 11 is 0. The summed E-state index contributed by atoms with van der Waals surface area (Å²) in [6.45, 7) is 8.29. The van der Waals surface area contributed by atoms with Gasteiger partial charge in [-0.05, 0) is 60.1 Å². The van der Waals surface area contributed by atoms with Crippen LogP contribution in [-0.2, 0) is 24.0 Å². The molecular weight excluding hydrogens is 224 g/mol. The Morgan fingerprint density at radius 1 is 0.833 bits per heavy atom. The third kappa shape index (κ3) is 1.16. The van der Waals surface area contributed by atoms with Gasteiger partial charge >= 0.3 is 0 Å². The fourth-order valence-electron chi connectivity index (χ4n) is 3.98. The van der Waals surface area contributed by atoms with Crippen LogP contribution < -0.4 is 0 Å². The summed E-state index contributed by atoms with van der Waals surface area (Å²) in [7, 11) is 0. The molecule has 2 heteroatoms. The normalized spacial score (nSPS) is 32.3. The molecule has 1 aromatic carbocycles. The van der Waals surface area contributed by atoms with Gasteiger partial charge in [0.1, 0.15) is 0 Å². The molecule has 0 amide bonds. The highest BCUT2D eigenvalue weighted by Gasteiger charge is 2.49. The lowest BCUT2D eigenvalue weighted by Gasteiger charge is -2.49. The van der Waals surface area contributed by atoms with Gasteiger partial charge in [0.25, 0.3) is 0 Å². The van der Waals surface area contributed by atoms with Gasteiger partial charge in [0.2, 0.25) is 0 Å². The second-order valence-corrected chi connectivity index (χ2v) is 6.08. The van der Waals surface area contributed by atoms with Crippen molar-refractivity contribution in [2.75, 3.05) is 0 Å². The molecule has 3 rings (SSSR count). The van der Waals surface area contributed by atoms with Gasteiger partial charge in [-0.2, -0.15) is 0 Å². The molecule has 2 N–H and O–H groups in total. The van der Waals surface area contributed by atoms with E-state index < -0.39 is 11.2 Å². The van der Waals surface area contributed by atoms with Gasteiger partial charge in [-0.3, -0.25) is 0 Å². The van der Waals surface area contributed by atoms with Crippen LogP contribution in [0.1, 0.15) is 60.1 Å². The van der Waals surface area contributed by atoms with Crippen LogP contribution in [0.15, 0.2) is 0 Å². The highest BCUT2D eigenvalue weighted by atomic mass is 16.3. The Bertz CT molecular complexity index is 481. The molecule has 0 aliphatic heterocycles. The summed E-state index contributed by atoms with van der Waals surface area (Å²) in [4.78, 5) is 0. The van der Waals surface area contributed by atoms with Gasteiger partial charge in [-0.1, -0.05) is 13.8 Å². The lowest BCUT2D eigenvalue weighted by molar-refractivity contribution is -0.00458. The van der Waals surface area contributed by atoms with Crippen molar-refractivity contribution in [3.05, 3.63) is 33.4 Å². The van der Waals surface area contributed by atoms with Crippen molar-refractivity contribution in [2.24, 2.45) is 0 Å². The Labute approximate surface area is 109 Å². The van der Waals surface area contributed by atoms with E-state index in [1.807, 2.05) is 13.8 Å². The van der Waals surface area contributed by atoms with Gasteiger partial charge in [0, 0.05) is 12.8 Å². The van der Waals surface area contributed by atoms with Gasteiger partial charge in [0.15, 0.2) is 0 Å². The lowest BCUT2D eigenvalue weighted by atomic mass is 9.59. The number of hydrogen-bond acceptors (Lipinski definition) is 2. The SMILES string of the molecule is CC[C@@]1(O)Cc2c(C)c3c(c(C)c21)C[C@@]3(O)CC. The molecule has 2 atom stereocenters. The third-order valence-electron chi connectivity index (χ3n) is 5.30. The first kappa shape index (κ1) is 12.2. The summed E-state index contributed by atoms with van der Waals surface area (Å²) in [5.74, 6) is 0. The van der Waals surface area contributed by atoms with Crippen LogP contribution in [0, 0.1) is 13.8 Å².